The lowest BCUT2D eigenvalue weighted by molar-refractivity contribution is 0.528. The largest absolute Gasteiger partial charge is 0.420 e. The molecule has 2 aromatic carbocycles. The minimum Gasteiger partial charge on any atom is -0.420 e. The summed E-state index contributed by atoms with van der Waals surface area (Å²) in [6, 6.07) is 16.2. The Balaban J connectivity index is 1.50. The van der Waals surface area contributed by atoms with Crippen molar-refractivity contribution < 1.29 is 8.81 Å². The minimum absolute atomic E-state index is 0.283. The van der Waals surface area contributed by atoms with Crippen LogP contribution in [0.3, 0.4) is 0 Å². The summed E-state index contributed by atoms with van der Waals surface area (Å²) >= 11 is 1.69. The van der Waals surface area contributed by atoms with Gasteiger partial charge in [-0.15, -0.1) is 22.0 Å². The number of hydrogen-bond donors (Lipinski definition) is 0. The highest BCUT2D eigenvalue weighted by Gasteiger charge is 2.08. The monoisotopic (exact) mass is 326 g/mol. The molecule has 0 bridgehead atoms. The maximum absolute atomic E-state index is 12.9. The average Bonchev–Trinajstić information content (AvgIpc) is 3.05. The Hall–Kier alpha value is -2.40. The summed E-state index contributed by atoms with van der Waals surface area (Å²) in [5, 5.41) is 8.01. The molecule has 5 heteroatoms. The van der Waals surface area contributed by atoms with E-state index in [9.17, 15) is 4.39 Å². The van der Waals surface area contributed by atoms with E-state index in [1.807, 2.05) is 18.2 Å². The first-order valence-electron chi connectivity index (χ1n) is 7.19. The Morgan fingerprint density at radius 1 is 1.00 bits per heavy atom. The molecule has 0 spiro atoms. The van der Waals surface area contributed by atoms with Gasteiger partial charge < -0.3 is 4.42 Å². The lowest BCUT2D eigenvalue weighted by Gasteiger charge is -1.95. The molecule has 0 fully saturated rings. The van der Waals surface area contributed by atoms with Crippen LogP contribution in [0.2, 0.25) is 0 Å². The quantitative estimate of drug-likeness (QED) is 0.609. The molecule has 0 unspecified atom stereocenters. The fourth-order valence-corrected chi connectivity index (χ4v) is 2.63. The first-order chi connectivity index (χ1) is 11.3. The number of hydrogen-bond acceptors (Lipinski definition) is 4. The molecule has 0 atom stereocenters. The number of halogens is 1. The van der Waals surface area contributed by atoms with Crippen molar-refractivity contribution in [3.8, 4) is 11.5 Å². The zero-order valence-electron chi connectivity index (χ0n) is 12.4. The molecule has 0 N–H and O–H groups in total. The maximum atomic E-state index is 12.9. The summed E-state index contributed by atoms with van der Waals surface area (Å²) in [5.41, 5.74) is 1.91. The van der Waals surface area contributed by atoms with Gasteiger partial charge in [0.15, 0.2) is 0 Å². The van der Waals surface area contributed by atoms with Crippen molar-refractivity contribution in [1.82, 2.24) is 10.2 Å². The van der Waals surface area contributed by atoms with Crippen molar-refractivity contribution in [2.24, 2.45) is 0 Å². The third kappa shape index (κ3) is 4.53. The molecule has 0 aliphatic rings. The predicted molar refractivity (Wildman–Crippen MR) is 91.3 cm³/mol. The fourth-order valence-electron chi connectivity index (χ4n) is 1.98. The topological polar surface area (TPSA) is 38.9 Å². The van der Waals surface area contributed by atoms with Crippen LogP contribution < -0.4 is 0 Å². The van der Waals surface area contributed by atoms with Crippen LogP contribution >= 0.6 is 11.8 Å². The zero-order valence-corrected chi connectivity index (χ0v) is 13.2. The minimum atomic E-state index is -0.283. The van der Waals surface area contributed by atoms with Crippen LogP contribution in [0.25, 0.3) is 17.5 Å². The Labute approximate surface area is 138 Å². The van der Waals surface area contributed by atoms with Crippen molar-refractivity contribution in [2.45, 2.75) is 5.75 Å². The van der Waals surface area contributed by atoms with Crippen LogP contribution in [0.1, 0.15) is 11.5 Å². The van der Waals surface area contributed by atoms with Crippen molar-refractivity contribution in [2.75, 3.05) is 5.75 Å². The first kappa shape index (κ1) is 15.5. The highest BCUT2D eigenvalue weighted by atomic mass is 32.2. The van der Waals surface area contributed by atoms with E-state index in [-0.39, 0.29) is 5.82 Å². The third-order valence-corrected chi connectivity index (χ3v) is 3.99. The molecule has 3 aromatic rings. The molecule has 3 rings (SSSR count). The van der Waals surface area contributed by atoms with Gasteiger partial charge in [0.25, 0.3) is 0 Å². The highest BCUT2D eigenvalue weighted by molar-refractivity contribution is 7.98. The summed E-state index contributed by atoms with van der Waals surface area (Å²) in [5.74, 6) is 2.22. The van der Waals surface area contributed by atoms with Crippen LogP contribution in [0.15, 0.2) is 65.1 Å². The van der Waals surface area contributed by atoms with Crippen LogP contribution in [-0.4, -0.2) is 16.0 Å². The van der Waals surface area contributed by atoms with E-state index in [1.54, 1.807) is 23.9 Å². The molecule has 1 aromatic heterocycles. The third-order valence-electron chi connectivity index (χ3n) is 3.11. The predicted octanol–water partition coefficient (Wildman–Crippen LogP) is 4.82. The van der Waals surface area contributed by atoms with Gasteiger partial charge in [0.2, 0.25) is 11.8 Å². The van der Waals surface area contributed by atoms with Gasteiger partial charge in [0.05, 0.1) is 5.75 Å². The maximum Gasteiger partial charge on any atom is 0.247 e. The molecule has 0 aliphatic carbocycles. The normalized spacial score (nSPS) is 11.2. The van der Waals surface area contributed by atoms with Crippen LogP contribution in [0.4, 0.5) is 4.39 Å². The summed E-state index contributed by atoms with van der Waals surface area (Å²) < 4.78 is 18.5. The van der Waals surface area contributed by atoms with Gasteiger partial charge in [-0.2, -0.15) is 0 Å². The van der Waals surface area contributed by atoms with Crippen LogP contribution in [0, 0.1) is 5.82 Å². The van der Waals surface area contributed by atoms with Gasteiger partial charge in [-0.25, -0.2) is 4.39 Å². The standard InChI is InChI=1S/C18H15FN2OS/c19-16-10-8-15(9-11-16)18-21-20-17(22-18)13-23-12-4-7-14-5-2-1-3-6-14/h1-11H,12-13H2. The van der Waals surface area contributed by atoms with Gasteiger partial charge in [0.1, 0.15) is 5.82 Å². The molecule has 0 aliphatic heterocycles. The average molecular weight is 326 g/mol. The van der Waals surface area contributed by atoms with Crippen molar-refractivity contribution in [3.63, 3.8) is 0 Å². The van der Waals surface area contributed by atoms with Gasteiger partial charge in [0, 0.05) is 11.3 Å². The smallest absolute Gasteiger partial charge is 0.247 e. The summed E-state index contributed by atoms with van der Waals surface area (Å²) in [6.45, 7) is 0. The SMILES string of the molecule is Fc1ccc(-c2nnc(CSCC=Cc3ccccc3)o2)cc1. The number of thioether (sulfide) groups is 1. The molecule has 116 valence electrons. The van der Waals surface area contributed by atoms with E-state index in [2.05, 4.69) is 34.5 Å². The van der Waals surface area contributed by atoms with Gasteiger partial charge >= 0.3 is 0 Å². The molecule has 0 amide bonds. The molecule has 0 radical (unpaired) electrons. The molecule has 0 saturated heterocycles. The Morgan fingerprint density at radius 2 is 1.78 bits per heavy atom. The molecule has 1 heterocycles. The van der Waals surface area contributed by atoms with Crippen molar-refractivity contribution >= 4 is 17.8 Å². The van der Waals surface area contributed by atoms with Crippen molar-refractivity contribution in [3.05, 3.63) is 77.9 Å². The van der Waals surface area contributed by atoms with Crippen LogP contribution in [-0.2, 0) is 5.75 Å². The Morgan fingerprint density at radius 3 is 2.57 bits per heavy atom. The molecule has 23 heavy (non-hydrogen) atoms. The van der Waals surface area contributed by atoms with Crippen molar-refractivity contribution in [1.29, 1.82) is 0 Å². The van der Waals surface area contributed by atoms with E-state index in [0.29, 0.717) is 17.5 Å². The fraction of sp³-hybridized carbons (Fsp3) is 0.111. The number of aromatic nitrogens is 2. The molecular formula is C18H15FN2OS. The van der Waals surface area contributed by atoms with E-state index < -0.39 is 0 Å². The molecular weight excluding hydrogens is 311 g/mol. The lowest BCUT2D eigenvalue weighted by atomic mass is 10.2. The summed E-state index contributed by atoms with van der Waals surface area (Å²) in [6.07, 6.45) is 4.20. The van der Waals surface area contributed by atoms with Crippen LogP contribution in [0.5, 0.6) is 0 Å². The second kappa shape index (κ2) is 7.74. The van der Waals surface area contributed by atoms with E-state index in [0.717, 1.165) is 11.3 Å². The van der Waals surface area contributed by atoms with E-state index >= 15 is 0 Å². The second-order valence-electron chi connectivity index (χ2n) is 4.84. The molecule has 0 saturated carbocycles. The lowest BCUT2D eigenvalue weighted by Crippen LogP contribution is -1.81. The van der Waals surface area contributed by atoms with Gasteiger partial charge in [-0.05, 0) is 29.8 Å². The Bertz CT molecular complexity index is 769. The number of rotatable bonds is 6. The van der Waals surface area contributed by atoms with Gasteiger partial charge in [-0.1, -0.05) is 42.5 Å². The molecule has 3 nitrogen and oxygen atoms in total. The summed E-state index contributed by atoms with van der Waals surface area (Å²) in [4.78, 5) is 0. The second-order valence-corrected chi connectivity index (χ2v) is 5.87. The highest BCUT2D eigenvalue weighted by Crippen LogP contribution is 2.20. The number of nitrogens with zero attached hydrogens (tertiary/aromatic N) is 2. The van der Waals surface area contributed by atoms with E-state index in [1.165, 1.54) is 17.7 Å². The number of benzene rings is 2. The first-order valence-corrected chi connectivity index (χ1v) is 8.34. The van der Waals surface area contributed by atoms with Gasteiger partial charge in [-0.3, -0.25) is 0 Å². The van der Waals surface area contributed by atoms with E-state index in [4.69, 9.17) is 4.42 Å². The summed E-state index contributed by atoms with van der Waals surface area (Å²) in [7, 11) is 0. The Kier molecular flexibility index (Phi) is 5.21. The zero-order chi connectivity index (χ0) is 15.9.